The van der Waals surface area contributed by atoms with Gasteiger partial charge in [-0.05, 0) is 42.8 Å². The van der Waals surface area contributed by atoms with Crippen LogP contribution < -0.4 is 11.1 Å². The average Bonchev–Trinajstić information content (AvgIpc) is 2.48. The van der Waals surface area contributed by atoms with Crippen LogP contribution in [0.25, 0.3) is 0 Å². The molecule has 0 heterocycles. The molecule has 0 unspecified atom stereocenters. The van der Waals surface area contributed by atoms with Crippen molar-refractivity contribution in [3.8, 4) is 0 Å². The number of hydrogen-bond donors (Lipinski definition) is 2. The Balaban J connectivity index is 2.22. The van der Waals surface area contributed by atoms with Gasteiger partial charge in [-0.15, -0.1) is 0 Å². The molecule has 6 heteroatoms. The van der Waals surface area contributed by atoms with Gasteiger partial charge < -0.3 is 11.1 Å². The first-order chi connectivity index (χ1) is 10.0. The van der Waals surface area contributed by atoms with Crippen LogP contribution in [0.4, 0.5) is 18.9 Å². The Morgan fingerprint density at radius 3 is 2.57 bits per heavy atom. The second kappa shape index (κ2) is 6.41. The fraction of sp³-hybridized carbons (Fsp3) is 0.133. The molecule has 3 N–H and O–H groups in total. The molecule has 1 amide bonds. The normalized spacial score (nSPS) is 10.5. The number of carbonyl (C=O) groups excluding carboxylic acids is 1. The standard InChI is InChI=1S/C15H13F3N2O/c16-11-4-5-12(14(18)13(11)17)20-15(21)10-3-1-2-9(8-10)6-7-19/h1-5,8H,6-7,19H2,(H,20,21). The van der Waals surface area contributed by atoms with Gasteiger partial charge in [-0.25, -0.2) is 13.2 Å². The van der Waals surface area contributed by atoms with Gasteiger partial charge in [-0.2, -0.15) is 0 Å². The van der Waals surface area contributed by atoms with Gasteiger partial charge in [0.25, 0.3) is 5.91 Å². The Hall–Kier alpha value is -2.34. The zero-order valence-corrected chi connectivity index (χ0v) is 11.0. The highest BCUT2D eigenvalue weighted by atomic mass is 19.2. The Labute approximate surface area is 119 Å². The highest BCUT2D eigenvalue weighted by Crippen LogP contribution is 2.20. The van der Waals surface area contributed by atoms with Gasteiger partial charge in [-0.3, -0.25) is 4.79 Å². The molecule has 110 valence electrons. The van der Waals surface area contributed by atoms with Gasteiger partial charge in [0.1, 0.15) is 0 Å². The van der Waals surface area contributed by atoms with Crippen LogP contribution in [0.1, 0.15) is 15.9 Å². The summed E-state index contributed by atoms with van der Waals surface area (Å²) < 4.78 is 39.4. The second-order valence-corrected chi connectivity index (χ2v) is 4.42. The summed E-state index contributed by atoms with van der Waals surface area (Å²) in [6, 6.07) is 8.34. The lowest BCUT2D eigenvalue weighted by atomic mass is 10.1. The van der Waals surface area contributed by atoms with Gasteiger partial charge in [0.05, 0.1) is 5.69 Å². The molecule has 3 nitrogen and oxygen atoms in total. The Morgan fingerprint density at radius 2 is 1.86 bits per heavy atom. The number of halogens is 3. The van der Waals surface area contributed by atoms with Crippen molar-refractivity contribution in [1.82, 2.24) is 0 Å². The number of hydrogen-bond acceptors (Lipinski definition) is 2. The van der Waals surface area contributed by atoms with Gasteiger partial charge in [-0.1, -0.05) is 12.1 Å². The van der Waals surface area contributed by atoms with E-state index in [0.717, 1.165) is 17.7 Å². The van der Waals surface area contributed by atoms with E-state index in [-0.39, 0.29) is 5.56 Å². The molecular formula is C15H13F3N2O. The smallest absolute Gasteiger partial charge is 0.255 e. The third-order valence-electron chi connectivity index (χ3n) is 2.91. The van der Waals surface area contributed by atoms with Crippen LogP contribution in [0.15, 0.2) is 36.4 Å². The third kappa shape index (κ3) is 3.41. The van der Waals surface area contributed by atoms with Crippen LogP contribution in [0.5, 0.6) is 0 Å². The first kappa shape index (κ1) is 15.1. The molecule has 2 aromatic rings. The second-order valence-electron chi connectivity index (χ2n) is 4.42. The number of carbonyl (C=O) groups is 1. The maximum Gasteiger partial charge on any atom is 0.255 e. The molecule has 0 aliphatic rings. The van der Waals surface area contributed by atoms with Crippen molar-refractivity contribution in [2.24, 2.45) is 5.73 Å². The van der Waals surface area contributed by atoms with Crippen molar-refractivity contribution in [2.75, 3.05) is 11.9 Å². The van der Waals surface area contributed by atoms with Crippen LogP contribution in [-0.4, -0.2) is 12.5 Å². The molecule has 2 rings (SSSR count). The van der Waals surface area contributed by atoms with E-state index in [2.05, 4.69) is 5.32 Å². The molecule has 0 spiro atoms. The van der Waals surface area contributed by atoms with Crippen molar-refractivity contribution in [3.05, 3.63) is 65.0 Å². The van der Waals surface area contributed by atoms with E-state index in [1.54, 1.807) is 12.1 Å². The molecule has 21 heavy (non-hydrogen) atoms. The lowest BCUT2D eigenvalue weighted by Gasteiger charge is -2.08. The predicted molar refractivity (Wildman–Crippen MR) is 73.5 cm³/mol. The van der Waals surface area contributed by atoms with E-state index in [0.29, 0.717) is 13.0 Å². The number of nitrogens with one attached hydrogen (secondary N) is 1. The zero-order valence-electron chi connectivity index (χ0n) is 11.0. The third-order valence-corrected chi connectivity index (χ3v) is 2.91. The summed E-state index contributed by atoms with van der Waals surface area (Å²) in [5, 5.41) is 2.21. The van der Waals surface area contributed by atoms with Gasteiger partial charge in [0, 0.05) is 5.56 Å². The number of nitrogens with two attached hydrogens (primary N) is 1. The lowest BCUT2D eigenvalue weighted by Crippen LogP contribution is -2.14. The van der Waals surface area contributed by atoms with Crippen LogP contribution >= 0.6 is 0 Å². The Bertz CT molecular complexity index is 674. The topological polar surface area (TPSA) is 55.1 Å². The molecule has 0 aliphatic carbocycles. The Morgan fingerprint density at radius 1 is 1.10 bits per heavy atom. The molecule has 0 fully saturated rings. The summed E-state index contributed by atoms with van der Waals surface area (Å²) in [5.74, 6) is -4.97. The van der Waals surface area contributed by atoms with Crippen molar-refractivity contribution >= 4 is 11.6 Å². The number of rotatable bonds is 4. The maximum absolute atomic E-state index is 13.5. The highest BCUT2D eigenvalue weighted by Gasteiger charge is 2.16. The van der Waals surface area contributed by atoms with Crippen molar-refractivity contribution < 1.29 is 18.0 Å². The summed E-state index contributed by atoms with van der Waals surface area (Å²) in [6.07, 6.45) is 0.598. The minimum absolute atomic E-state index is 0.282. The van der Waals surface area contributed by atoms with Gasteiger partial charge >= 0.3 is 0 Å². The largest absolute Gasteiger partial charge is 0.330 e. The quantitative estimate of drug-likeness (QED) is 0.852. The van der Waals surface area contributed by atoms with Crippen LogP contribution in [0.3, 0.4) is 0 Å². The van der Waals surface area contributed by atoms with Crippen LogP contribution in [0, 0.1) is 17.5 Å². The summed E-state index contributed by atoms with van der Waals surface area (Å²) in [7, 11) is 0. The zero-order chi connectivity index (χ0) is 15.4. The van der Waals surface area contributed by atoms with E-state index in [1.165, 1.54) is 6.07 Å². The first-order valence-corrected chi connectivity index (χ1v) is 6.26. The summed E-state index contributed by atoms with van der Waals surface area (Å²) >= 11 is 0. The number of amides is 1. The SMILES string of the molecule is NCCc1cccc(C(=O)Nc2ccc(F)c(F)c2F)c1. The molecule has 0 saturated heterocycles. The van der Waals surface area contributed by atoms with E-state index >= 15 is 0 Å². The van der Waals surface area contributed by atoms with E-state index < -0.39 is 29.0 Å². The minimum Gasteiger partial charge on any atom is -0.330 e. The lowest BCUT2D eigenvalue weighted by molar-refractivity contribution is 0.102. The summed E-state index contributed by atoms with van der Waals surface area (Å²) in [6.45, 7) is 0.433. The molecule has 0 bridgehead atoms. The average molecular weight is 294 g/mol. The fourth-order valence-corrected chi connectivity index (χ4v) is 1.85. The summed E-state index contributed by atoms with van der Waals surface area (Å²) in [5.41, 5.74) is 6.16. The van der Waals surface area contributed by atoms with E-state index in [1.807, 2.05) is 6.07 Å². The number of anilines is 1. The summed E-state index contributed by atoms with van der Waals surface area (Å²) in [4.78, 5) is 12.0. The minimum atomic E-state index is -1.62. The fourth-order valence-electron chi connectivity index (χ4n) is 1.85. The monoisotopic (exact) mass is 294 g/mol. The number of benzene rings is 2. The molecule has 0 aromatic heterocycles. The van der Waals surface area contributed by atoms with Gasteiger partial charge in [0.15, 0.2) is 17.5 Å². The molecule has 0 atom stereocenters. The Kier molecular flexibility index (Phi) is 4.59. The predicted octanol–water partition coefficient (Wildman–Crippen LogP) is 2.86. The van der Waals surface area contributed by atoms with E-state index in [9.17, 15) is 18.0 Å². The van der Waals surface area contributed by atoms with Crippen LogP contribution in [-0.2, 0) is 6.42 Å². The van der Waals surface area contributed by atoms with E-state index in [4.69, 9.17) is 5.73 Å². The molecular weight excluding hydrogens is 281 g/mol. The van der Waals surface area contributed by atoms with Crippen LogP contribution in [0.2, 0.25) is 0 Å². The highest BCUT2D eigenvalue weighted by molar-refractivity contribution is 6.04. The molecule has 0 saturated carbocycles. The van der Waals surface area contributed by atoms with Gasteiger partial charge in [0.2, 0.25) is 0 Å². The molecule has 0 aliphatic heterocycles. The molecule has 2 aromatic carbocycles. The van der Waals surface area contributed by atoms with Crippen molar-refractivity contribution in [1.29, 1.82) is 0 Å². The first-order valence-electron chi connectivity index (χ1n) is 6.26. The van der Waals surface area contributed by atoms with Crippen molar-refractivity contribution in [2.45, 2.75) is 6.42 Å². The van der Waals surface area contributed by atoms with Crippen molar-refractivity contribution in [3.63, 3.8) is 0 Å². The molecule has 0 radical (unpaired) electrons. The maximum atomic E-state index is 13.5.